The fraction of sp³-hybridized carbons (Fsp3) is 0.263. The van der Waals surface area contributed by atoms with Gasteiger partial charge in [0.1, 0.15) is 34.1 Å². The first-order valence-corrected chi connectivity index (χ1v) is 16.2. The van der Waals surface area contributed by atoms with Crippen molar-refractivity contribution in [1.82, 2.24) is 19.6 Å². The highest BCUT2D eigenvalue weighted by Gasteiger charge is 2.25. The predicted molar refractivity (Wildman–Crippen MR) is 198 cm³/mol. The van der Waals surface area contributed by atoms with Crippen molar-refractivity contribution < 1.29 is 33.5 Å². The van der Waals surface area contributed by atoms with Crippen LogP contribution in [0.4, 0.5) is 21.0 Å². The van der Waals surface area contributed by atoms with Crippen molar-refractivity contribution in [3.05, 3.63) is 95.0 Å². The van der Waals surface area contributed by atoms with E-state index in [4.69, 9.17) is 24.7 Å². The molecule has 14 nitrogen and oxygen atoms in total. The molecule has 0 atom stereocenters. The number of nitro groups is 1. The third kappa shape index (κ3) is 8.29. The van der Waals surface area contributed by atoms with Crippen molar-refractivity contribution >= 4 is 45.4 Å². The third-order valence-electron chi connectivity index (χ3n) is 7.40. The fourth-order valence-electron chi connectivity index (χ4n) is 5.20. The van der Waals surface area contributed by atoms with Gasteiger partial charge in [-0.3, -0.25) is 10.1 Å². The molecule has 0 saturated carbocycles. The minimum absolute atomic E-state index is 0.135. The van der Waals surface area contributed by atoms with Crippen molar-refractivity contribution in [1.29, 1.82) is 0 Å². The lowest BCUT2D eigenvalue weighted by atomic mass is 10.1. The van der Waals surface area contributed by atoms with Crippen LogP contribution >= 0.6 is 0 Å². The molecule has 52 heavy (non-hydrogen) atoms. The molecule has 270 valence electrons. The Hall–Kier alpha value is -6.44. The van der Waals surface area contributed by atoms with Crippen LogP contribution in [0.1, 0.15) is 41.5 Å². The summed E-state index contributed by atoms with van der Waals surface area (Å²) in [5, 5.41) is 21.4. The molecule has 2 N–H and O–H groups in total. The molecule has 0 aliphatic carbocycles. The number of rotatable bonds is 5. The highest BCUT2D eigenvalue weighted by molar-refractivity contribution is 6.00. The number of nitro benzene ring substituents is 1. The summed E-state index contributed by atoms with van der Waals surface area (Å²) in [6, 6.07) is 24.4. The standard InChI is InChI=1S/C19H19N3O5.C19H21N3O3/c1-19(2,3)27-18(23)21-16-11-13(22(24)25)8-9-15(16)17(20-21)12-6-5-7-14(10-12)26-4;1-19(2,3)25-18(23)22-16-11-13(20)8-9-15(16)17(21-22)12-6-5-7-14(10-12)24-4/h5-11H,1-4H3;5-11H,20H2,1-4H3. The highest BCUT2D eigenvalue weighted by Crippen LogP contribution is 2.34. The molecule has 6 aromatic rings. The van der Waals surface area contributed by atoms with Gasteiger partial charge in [-0.2, -0.15) is 19.6 Å². The zero-order chi connectivity index (χ0) is 38.0. The van der Waals surface area contributed by atoms with Crippen LogP contribution in [0.5, 0.6) is 11.5 Å². The molecule has 0 fully saturated rings. The molecule has 6 rings (SSSR count). The second kappa shape index (κ2) is 14.4. The SMILES string of the molecule is COc1cccc(-c2nn(C(=O)OC(C)(C)C)c3cc(N)ccc23)c1.COc1cccc(-c2nn(C(=O)OC(C)(C)C)c3cc([N+](=O)[O-])ccc23)c1. The van der Waals surface area contributed by atoms with Crippen LogP contribution in [0.15, 0.2) is 84.9 Å². The average Bonchev–Trinajstić information content (AvgIpc) is 3.66. The monoisotopic (exact) mass is 708 g/mol. The van der Waals surface area contributed by atoms with Crippen molar-refractivity contribution in [3.63, 3.8) is 0 Å². The maximum Gasteiger partial charge on any atom is 0.435 e. The van der Waals surface area contributed by atoms with Crippen LogP contribution in [0.2, 0.25) is 0 Å². The Labute approximate surface area is 299 Å². The molecule has 2 aromatic heterocycles. The van der Waals surface area contributed by atoms with E-state index in [1.165, 1.54) is 16.8 Å². The number of anilines is 1. The Morgan fingerprint density at radius 1 is 0.673 bits per heavy atom. The number of fused-ring (bicyclic) bond motifs is 2. The number of hydrogen-bond donors (Lipinski definition) is 1. The number of hydrogen-bond acceptors (Lipinski definition) is 11. The van der Waals surface area contributed by atoms with Gasteiger partial charge < -0.3 is 24.7 Å². The van der Waals surface area contributed by atoms with Crippen molar-refractivity contribution in [2.75, 3.05) is 20.0 Å². The summed E-state index contributed by atoms with van der Waals surface area (Å²) >= 11 is 0. The van der Waals surface area contributed by atoms with E-state index in [0.29, 0.717) is 45.0 Å². The second-order valence-corrected chi connectivity index (χ2v) is 13.7. The first-order chi connectivity index (χ1) is 24.5. The van der Waals surface area contributed by atoms with E-state index in [9.17, 15) is 19.7 Å². The molecule has 4 aromatic carbocycles. The smallest absolute Gasteiger partial charge is 0.435 e. The van der Waals surface area contributed by atoms with Crippen molar-refractivity contribution in [2.24, 2.45) is 0 Å². The Morgan fingerprint density at radius 3 is 1.54 bits per heavy atom. The van der Waals surface area contributed by atoms with Crippen LogP contribution in [0.25, 0.3) is 44.3 Å². The quantitative estimate of drug-likeness (QED) is 0.103. The lowest BCUT2D eigenvalue weighted by Gasteiger charge is -2.19. The summed E-state index contributed by atoms with van der Waals surface area (Å²) in [7, 11) is 3.16. The van der Waals surface area contributed by atoms with E-state index < -0.39 is 28.3 Å². The number of nitrogens with zero attached hydrogens (tertiary/aromatic N) is 5. The number of aromatic nitrogens is 4. The predicted octanol–water partition coefficient (Wildman–Crippen LogP) is 8.48. The number of carbonyl (C=O) groups excluding carboxylic acids is 2. The zero-order valence-electron chi connectivity index (χ0n) is 30.2. The Morgan fingerprint density at radius 2 is 1.12 bits per heavy atom. The summed E-state index contributed by atoms with van der Waals surface area (Å²) in [5.74, 6) is 1.35. The van der Waals surface area contributed by atoms with Gasteiger partial charge in [0.25, 0.3) is 5.69 Å². The number of benzene rings is 4. The molecular formula is C38H40N6O8. The first-order valence-electron chi connectivity index (χ1n) is 16.2. The van der Waals surface area contributed by atoms with E-state index in [0.717, 1.165) is 21.2 Å². The Kier molecular flexibility index (Phi) is 10.2. The summed E-state index contributed by atoms with van der Waals surface area (Å²) in [5.41, 5.74) is 8.61. The lowest BCUT2D eigenvalue weighted by molar-refractivity contribution is -0.384. The topological polar surface area (TPSA) is 176 Å². The summed E-state index contributed by atoms with van der Waals surface area (Å²) in [6.07, 6.45) is -1.25. The summed E-state index contributed by atoms with van der Waals surface area (Å²) in [6.45, 7) is 10.7. The molecule has 14 heteroatoms. The molecule has 0 spiro atoms. The van der Waals surface area contributed by atoms with Gasteiger partial charge in [0, 0.05) is 39.7 Å². The number of carbonyl (C=O) groups is 2. The molecule has 0 bridgehead atoms. The average molecular weight is 709 g/mol. The van der Waals surface area contributed by atoms with Gasteiger partial charge in [0.2, 0.25) is 0 Å². The molecule has 0 saturated heterocycles. The first kappa shape index (κ1) is 36.8. The van der Waals surface area contributed by atoms with Gasteiger partial charge >= 0.3 is 12.2 Å². The minimum atomic E-state index is -0.730. The molecular weight excluding hydrogens is 668 g/mol. The van der Waals surface area contributed by atoms with Crippen LogP contribution in [0, 0.1) is 10.1 Å². The number of ether oxygens (including phenoxy) is 4. The van der Waals surface area contributed by atoms with Crippen LogP contribution < -0.4 is 15.2 Å². The number of nitrogen functional groups attached to an aromatic ring is 1. The molecule has 2 heterocycles. The van der Waals surface area contributed by atoms with Gasteiger partial charge in [-0.05, 0) is 90.1 Å². The van der Waals surface area contributed by atoms with Gasteiger partial charge in [0.15, 0.2) is 0 Å². The molecule has 0 unspecified atom stereocenters. The zero-order valence-corrected chi connectivity index (χ0v) is 30.2. The van der Waals surface area contributed by atoms with Crippen LogP contribution in [-0.4, -0.2) is 62.1 Å². The van der Waals surface area contributed by atoms with E-state index in [2.05, 4.69) is 10.2 Å². The summed E-state index contributed by atoms with van der Waals surface area (Å²) < 4.78 is 23.7. The van der Waals surface area contributed by atoms with E-state index in [-0.39, 0.29) is 5.69 Å². The van der Waals surface area contributed by atoms with Crippen molar-refractivity contribution in [3.8, 4) is 34.0 Å². The van der Waals surface area contributed by atoms with Gasteiger partial charge in [0.05, 0.1) is 30.2 Å². The Bertz CT molecular complexity index is 2300. The molecule has 0 radical (unpaired) electrons. The second-order valence-electron chi connectivity index (χ2n) is 13.7. The van der Waals surface area contributed by atoms with Crippen molar-refractivity contribution in [2.45, 2.75) is 52.7 Å². The number of non-ortho nitro benzene ring substituents is 1. The third-order valence-corrected chi connectivity index (χ3v) is 7.40. The normalized spacial score (nSPS) is 11.5. The highest BCUT2D eigenvalue weighted by atomic mass is 16.6. The maximum atomic E-state index is 12.6. The number of methoxy groups -OCH3 is 2. The molecule has 0 aliphatic heterocycles. The van der Waals surface area contributed by atoms with Crippen LogP contribution in [-0.2, 0) is 9.47 Å². The number of nitrogens with two attached hydrogens (primary N) is 1. The lowest BCUT2D eigenvalue weighted by Crippen LogP contribution is -2.27. The van der Waals surface area contributed by atoms with Gasteiger partial charge in [-0.25, -0.2) is 9.59 Å². The minimum Gasteiger partial charge on any atom is -0.497 e. The van der Waals surface area contributed by atoms with Gasteiger partial charge in [-0.15, -0.1) is 0 Å². The van der Waals surface area contributed by atoms with E-state index in [1.54, 1.807) is 71.4 Å². The Balaban J connectivity index is 0.000000202. The van der Waals surface area contributed by atoms with Crippen LogP contribution in [0.3, 0.4) is 0 Å². The maximum absolute atomic E-state index is 12.6. The summed E-state index contributed by atoms with van der Waals surface area (Å²) in [4.78, 5) is 35.8. The van der Waals surface area contributed by atoms with E-state index >= 15 is 0 Å². The van der Waals surface area contributed by atoms with E-state index in [1.807, 2.05) is 57.2 Å². The largest absolute Gasteiger partial charge is 0.497 e. The molecule has 0 aliphatic rings. The molecule has 0 amide bonds. The fourth-order valence-corrected chi connectivity index (χ4v) is 5.20. The van der Waals surface area contributed by atoms with Gasteiger partial charge in [-0.1, -0.05) is 24.3 Å².